The maximum Gasteiger partial charge on any atom is 0.274 e. The monoisotopic (exact) mass is 482 g/mol. The number of aryl methyl sites for hydroxylation is 2. The molecule has 1 aliphatic heterocycles. The van der Waals surface area contributed by atoms with Gasteiger partial charge in [-0.3, -0.25) is 9.59 Å². The summed E-state index contributed by atoms with van der Waals surface area (Å²) in [6, 6.07) is 19.6. The van der Waals surface area contributed by atoms with Crippen molar-refractivity contribution in [1.82, 2.24) is 20.2 Å². The summed E-state index contributed by atoms with van der Waals surface area (Å²) in [5.74, 6) is 0.700. The molecule has 0 unspecified atom stereocenters. The molecule has 3 atom stereocenters. The molecule has 35 heavy (non-hydrogen) atoms. The molecule has 6 rings (SSSR count). The van der Waals surface area contributed by atoms with E-state index in [2.05, 4.69) is 34.3 Å². The highest BCUT2D eigenvalue weighted by Gasteiger charge is 2.54. The normalized spacial score (nSPS) is 20.6. The van der Waals surface area contributed by atoms with Gasteiger partial charge in [-0.05, 0) is 49.8 Å². The topological polar surface area (TPSA) is 75.2 Å². The summed E-state index contributed by atoms with van der Waals surface area (Å²) in [6.07, 6.45) is 1.11. The number of thiazole rings is 1. The molecular weight excluding hydrogens is 456 g/mol. The van der Waals surface area contributed by atoms with E-state index in [1.54, 1.807) is 17.4 Å². The summed E-state index contributed by atoms with van der Waals surface area (Å²) in [7, 11) is 0. The van der Waals surface area contributed by atoms with Crippen molar-refractivity contribution < 1.29 is 9.59 Å². The minimum Gasteiger partial charge on any atom is -0.349 e. The standard InChI is InChI=1S/C28H26N4O2S/c1-16-6-5-8-19(12-16)26-25(30-17(2)35-26)28(34)32-15-20-13-21(20)24(32)14-29-27(33)23-11-10-18-7-3-4-9-22(18)31-23/h3-12,20-21,24H,13-15H2,1-2H3,(H,29,33)/t20-,21-,24+/m0/s1. The minimum absolute atomic E-state index is 0.0238. The zero-order valence-electron chi connectivity index (χ0n) is 19.7. The van der Waals surface area contributed by atoms with Crippen molar-refractivity contribution in [3.63, 3.8) is 0 Å². The van der Waals surface area contributed by atoms with Crippen LogP contribution in [0.15, 0.2) is 60.7 Å². The lowest BCUT2D eigenvalue weighted by Gasteiger charge is -2.27. The molecule has 1 N–H and O–H groups in total. The first-order valence-electron chi connectivity index (χ1n) is 12.0. The molecular formula is C28H26N4O2S. The molecule has 0 spiro atoms. The predicted molar refractivity (Wildman–Crippen MR) is 138 cm³/mol. The number of hydrogen-bond donors (Lipinski definition) is 1. The number of hydrogen-bond acceptors (Lipinski definition) is 5. The van der Waals surface area contributed by atoms with Crippen molar-refractivity contribution in [2.75, 3.05) is 13.1 Å². The Morgan fingerprint density at radius 3 is 2.77 bits per heavy atom. The Morgan fingerprint density at radius 2 is 1.91 bits per heavy atom. The molecule has 2 fully saturated rings. The average Bonchev–Trinajstić information content (AvgIpc) is 3.38. The van der Waals surface area contributed by atoms with Gasteiger partial charge in [-0.15, -0.1) is 11.3 Å². The highest BCUT2D eigenvalue weighted by Crippen LogP contribution is 2.50. The number of nitrogens with zero attached hydrogens (tertiary/aromatic N) is 3. The van der Waals surface area contributed by atoms with Crippen LogP contribution in [0.1, 0.15) is 38.0 Å². The number of amides is 2. The molecule has 1 saturated heterocycles. The first kappa shape index (κ1) is 21.9. The number of carbonyl (C=O) groups is 2. The first-order chi connectivity index (χ1) is 17.0. The van der Waals surface area contributed by atoms with Gasteiger partial charge in [0.25, 0.3) is 11.8 Å². The number of piperidine rings is 1. The fourth-order valence-electron chi connectivity index (χ4n) is 5.24. The van der Waals surface area contributed by atoms with Gasteiger partial charge in [-0.25, -0.2) is 9.97 Å². The summed E-state index contributed by atoms with van der Waals surface area (Å²) in [6.45, 7) is 5.14. The SMILES string of the molecule is Cc1cccc(-c2sc(C)nc2C(=O)N2C[C@@H]3C[C@@H]3[C@H]2CNC(=O)c2ccc3ccccc3n2)c1. The van der Waals surface area contributed by atoms with Gasteiger partial charge >= 0.3 is 0 Å². The van der Waals surface area contributed by atoms with E-state index in [9.17, 15) is 9.59 Å². The summed E-state index contributed by atoms with van der Waals surface area (Å²) < 4.78 is 0. The predicted octanol–water partition coefficient (Wildman–Crippen LogP) is 4.87. The number of nitrogens with one attached hydrogen (secondary N) is 1. The van der Waals surface area contributed by atoms with E-state index in [0.29, 0.717) is 29.8 Å². The van der Waals surface area contributed by atoms with Crippen LogP contribution >= 0.6 is 11.3 Å². The van der Waals surface area contributed by atoms with Crippen molar-refractivity contribution in [3.05, 3.63) is 82.6 Å². The first-order valence-corrected chi connectivity index (χ1v) is 12.8. The van der Waals surface area contributed by atoms with E-state index in [4.69, 9.17) is 0 Å². The lowest BCUT2D eigenvalue weighted by Crippen LogP contribution is -2.45. The van der Waals surface area contributed by atoms with Gasteiger partial charge in [0.15, 0.2) is 0 Å². The van der Waals surface area contributed by atoms with Crippen molar-refractivity contribution in [2.24, 2.45) is 11.8 Å². The van der Waals surface area contributed by atoms with Crippen LogP contribution in [0.3, 0.4) is 0 Å². The molecule has 2 aromatic heterocycles. The zero-order chi connectivity index (χ0) is 24.1. The highest BCUT2D eigenvalue weighted by molar-refractivity contribution is 7.15. The van der Waals surface area contributed by atoms with Gasteiger partial charge in [0.2, 0.25) is 0 Å². The fraction of sp³-hybridized carbons (Fsp3) is 0.286. The van der Waals surface area contributed by atoms with Crippen molar-refractivity contribution in [1.29, 1.82) is 0 Å². The Bertz CT molecular complexity index is 1460. The summed E-state index contributed by atoms with van der Waals surface area (Å²) in [5, 5.41) is 4.92. The molecule has 3 heterocycles. The van der Waals surface area contributed by atoms with Gasteiger partial charge in [0.1, 0.15) is 11.4 Å². The van der Waals surface area contributed by atoms with Gasteiger partial charge in [0, 0.05) is 18.5 Å². The smallest absolute Gasteiger partial charge is 0.274 e. The van der Waals surface area contributed by atoms with Crippen LogP contribution in [0.25, 0.3) is 21.3 Å². The van der Waals surface area contributed by atoms with Gasteiger partial charge in [-0.2, -0.15) is 0 Å². The zero-order valence-corrected chi connectivity index (χ0v) is 20.5. The maximum atomic E-state index is 13.7. The third-order valence-electron chi connectivity index (χ3n) is 7.08. The van der Waals surface area contributed by atoms with Crippen molar-refractivity contribution >= 4 is 34.1 Å². The second-order valence-electron chi connectivity index (χ2n) is 9.56. The van der Waals surface area contributed by atoms with Crippen LogP contribution in [0.2, 0.25) is 0 Å². The largest absolute Gasteiger partial charge is 0.349 e. The van der Waals surface area contributed by atoms with Gasteiger partial charge in [-0.1, -0.05) is 54.1 Å². The van der Waals surface area contributed by atoms with E-state index in [-0.39, 0.29) is 17.9 Å². The molecule has 4 aromatic rings. The molecule has 0 radical (unpaired) electrons. The van der Waals surface area contributed by atoms with Crippen LogP contribution < -0.4 is 5.32 Å². The lowest BCUT2D eigenvalue weighted by atomic mass is 10.1. The third-order valence-corrected chi connectivity index (χ3v) is 8.10. The van der Waals surface area contributed by atoms with Crippen molar-refractivity contribution in [3.8, 4) is 10.4 Å². The number of benzene rings is 2. The van der Waals surface area contributed by atoms with E-state index < -0.39 is 0 Å². The minimum atomic E-state index is -0.211. The Hall–Kier alpha value is -3.58. The number of likely N-dealkylation sites (tertiary alicyclic amines) is 1. The van der Waals surface area contributed by atoms with Crippen LogP contribution in [0.5, 0.6) is 0 Å². The van der Waals surface area contributed by atoms with Crippen LogP contribution in [-0.2, 0) is 0 Å². The lowest BCUT2D eigenvalue weighted by molar-refractivity contribution is 0.0690. The Balaban J connectivity index is 1.21. The summed E-state index contributed by atoms with van der Waals surface area (Å²) >= 11 is 1.56. The Labute approximate surface area is 208 Å². The molecule has 6 nitrogen and oxygen atoms in total. The number of aromatic nitrogens is 2. The highest BCUT2D eigenvalue weighted by atomic mass is 32.1. The summed E-state index contributed by atoms with van der Waals surface area (Å²) in [5.41, 5.74) is 3.88. The van der Waals surface area contributed by atoms with E-state index >= 15 is 0 Å². The van der Waals surface area contributed by atoms with E-state index in [1.807, 2.05) is 54.3 Å². The number of para-hydroxylation sites is 1. The molecule has 1 saturated carbocycles. The quantitative estimate of drug-likeness (QED) is 0.441. The third kappa shape index (κ3) is 4.10. The van der Waals surface area contributed by atoms with E-state index in [1.165, 1.54) is 0 Å². The second-order valence-corrected chi connectivity index (χ2v) is 10.8. The molecule has 7 heteroatoms. The molecule has 2 aromatic carbocycles. The van der Waals surface area contributed by atoms with Crippen LogP contribution in [0, 0.1) is 25.7 Å². The van der Waals surface area contributed by atoms with Crippen LogP contribution in [-0.4, -0.2) is 45.8 Å². The molecule has 1 aliphatic carbocycles. The molecule has 2 aliphatic rings. The average molecular weight is 483 g/mol. The van der Waals surface area contributed by atoms with Gasteiger partial charge in [0.05, 0.1) is 21.4 Å². The molecule has 176 valence electrons. The molecule has 0 bridgehead atoms. The number of rotatable bonds is 5. The summed E-state index contributed by atoms with van der Waals surface area (Å²) in [4.78, 5) is 38.6. The maximum absolute atomic E-state index is 13.7. The van der Waals surface area contributed by atoms with E-state index in [0.717, 1.165) is 44.9 Å². The Kier molecular flexibility index (Phi) is 5.37. The van der Waals surface area contributed by atoms with Gasteiger partial charge < -0.3 is 10.2 Å². The number of pyridine rings is 1. The number of carbonyl (C=O) groups excluding carboxylic acids is 2. The van der Waals surface area contributed by atoms with Crippen molar-refractivity contribution in [2.45, 2.75) is 26.3 Å². The van der Waals surface area contributed by atoms with Crippen LogP contribution in [0.4, 0.5) is 0 Å². The fourth-order valence-corrected chi connectivity index (χ4v) is 6.14. The Morgan fingerprint density at radius 1 is 1.06 bits per heavy atom. The second kappa shape index (κ2) is 8.57. The molecule has 2 amide bonds. The number of fused-ring (bicyclic) bond motifs is 2.